The Morgan fingerprint density at radius 3 is 2.50 bits per heavy atom. The number of anilines is 3. The second-order valence-corrected chi connectivity index (χ2v) is 6.26. The van der Waals surface area contributed by atoms with E-state index in [1.54, 1.807) is 7.11 Å². The van der Waals surface area contributed by atoms with E-state index in [9.17, 15) is 13.2 Å². The number of hydrogen-bond acceptors (Lipinski definition) is 5. The molecule has 140 valence electrons. The summed E-state index contributed by atoms with van der Waals surface area (Å²) in [6.45, 7) is 1.77. The molecular weight excluding hydrogens is 345 g/mol. The van der Waals surface area contributed by atoms with Crippen LogP contribution >= 0.6 is 0 Å². The third-order valence-corrected chi connectivity index (χ3v) is 4.44. The summed E-state index contributed by atoms with van der Waals surface area (Å²) in [5.41, 5.74) is 6.82. The third kappa shape index (κ3) is 4.19. The lowest BCUT2D eigenvalue weighted by molar-refractivity contribution is -0.137. The molecular formula is C18H21F3N4O. The summed E-state index contributed by atoms with van der Waals surface area (Å²) in [7, 11) is 1.55. The molecule has 1 saturated heterocycles. The molecule has 1 aromatic carbocycles. The number of methoxy groups -OCH3 is 1. The predicted octanol–water partition coefficient (Wildman–Crippen LogP) is 3.78. The Kier molecular flexibility index (Phi) is 5.22. The fourth-order valence-corrected chi connectivity index (χ4v) is 2.91. The normalized spacial score (nSPS) is 15.8. The Hall–Kier alpha value is -2.48. The number of pyridine rings is 1. The lowest BCUT2D eigenvalue weighted by Gasteiger charge is -2.32. The number of piperidine rings is 1. The van der Waals surface area contributed by atoms with Gasteiger partial charge in [-0.2, -0.15) is 13.2 Å². The van der Waals surface area contributed by atoms with Crippen LogP contribution in [0, 0.1) is 0 Å². The molecule has 8 heteroatoms. The van der Waals surface area contributed by atoms with E-state index in [4.69, 9.17) is 10.5 Å². The molecule has 1 fully saturated rings. The number of hydrogen-bond donors (Lipinski definition) is 2. The molecule has 26 heavy (non-hydrogen) atoms. The van der Waals surface area contributed by atoms with Crippen molar-refractivity contribution in [2.45, 2.75) is 25.1 Å². The first-order valence-electron chi connectivity index (χ1n) is 8.35. The van der Waals surface area contributed by atoms with Crippen LogP contribution < -0.4 is 20.7 Å². The Morgan fingerprint density at radius 1 is 1.19 bits per heavy atom. The van der Waals surface area contributed by atoms with Gasteiger partial charge in [-0.15, -0.1) is 0 Å². The van der Waals surface area contributed by atoms with Gasteiger partial charge in [0.1, 0.15) is 11.6 Å². The number of nitrogens with two attached hydrogens (primary N) is 1. The van der Waals surface area contributed by atoms with Crippen LogP contribution in [0.3, 0.4) is 0 Å². The highest BCUT2D eigenvalue weighted by molar-refractivity contribution is 5.69. The molecule has 1 aliphatic rings. The summed E-state index contributed by atoms with van der Waals surface area (Å²) in [5, 5.41) is 3.00. The number of alkyl halides is 3. The highest BCUT2D eigenvalue weighted by Gasteiger charge is 2.30. The fraction of sp³-hybridized carbons (Fsp3) is 0.389. The van der Waals surface area contributed by atoms with Gasteiger partial charge in [-0.25, -0.2) is 4.98 Å². The monoisotopic (exact) mass is 366 g/mol. The van der Waals surface area contributed by atoms with Crippen molar-refractivity contribution in [2.24, 2.45) is 5.73 Å². The number of halogens is 3. The molecule has 0 saturated carbocycles. The van der Waals surface area contributed by atoms with Gasteiger partial charge in [-0.1, -0.05) is 0 Å². The molecule has 1 aromatic heterocycles. The van der Waals surface area contributed by atoms with Crippen LogP contribution in [0.4, 0.5) is 30.4 Å². The zero-order chi connectivity index (χ0) is 18.7. The molecule has 0 atom stereocenters. The quantitative estimate of drug-likeness (QED) is 0.862. The van der Waals surface area contributed by atoms with Crippen LogP contribution in [0.2, 0.25) is 0 Å². The minimum Gasteiger partial charge on any atom is -0.494 e. The summed E-state index contributed by atoms with van der Waals surface area (Å²) in [4.78, 5) is 6.07. The summed E-state index contributed by atoms with van der Waals surface area (Å²) < 4.78 is 43.3. The maximum atomic E-state index is 12.6. The van der Waals surface area contributed by atoms with Crippen molar-refractivity contribution in [3.05, 3.63) is 42.1 Å². The number of rotatable bonds is 4. The third-order valence-electron chi connectivity index (χ3n) is 4.44. The Morgan fingerprint density at radius 2 is 1.92 bits per heavy atom. The largest absolute Gasteiger partial charge is 0.494 e. The van der Waals surface area contributed by atoms with E-state index in [0.29, 0.717) is 17.3 Å². The maximum absolute atomic E-state index is 12.6. The van der Waals surface area contributed by atoms with Gasteiger partial charge in [-0.05, 0) is 37.1 Å². The number of benzene rings is 1. The van der Waals surface area contributed by atoms with Crippen LogP contribution in [-0.4, -0.2) is 31.2 Å². The Bertz CT molecular complexity index is 741. The fourth-order valence-electron chi connectivity index (χ4n) is 2.91. The van der Waals surface area contributed by atoms with Crippen molar-refractivity contribution in [1.29, 1.82) is 0 Å². The van der Waals surface area contributed by atoms with Crippen LogP contribution in [0.25, 0.3) is 0 Å². The van der Waals surface area contributed by atoms with Crippen molar-refractivity contribution in [2.75, 3.05) is 30.4 Å². The highest BCUT2D eigenvalue weighted by atomic mass is 19.4. The Balaban J connectivity index is 1.76. The van der Waals surface area contributed by atoms with Gasteiger partial charge in [0.05, 0.1) is 18.4 Å². The number of nitrogens with one attached hydrogen (secondary N) is 1. The minimum atomic E-state index is -4.40. The molecule has 0 bridgehead atoms. The average Bonchev–Trinajstić information content (AvgIpc) is 2.62. The van der Waals surface area contributed by atoms with Gasteiger partial charge in [0, 0.05) is 37.1 Å². The highest BCUT2D eigenvalue weighted by Crippen LogP contribution is 2.33. The van der Waals surface area contributed by atoms with Gasteiger partial charge in [0.25, 0.3) is 0 Å². The lowest BCUT2D eigenvalue weighted by atomic mass is 10.1. The molecule has 5 nitrogen and oxygen atoms in total. The van der Waals surface area contributed by atoms with Crippen molar-refractivity contribution in [3.8, 4) is 5.75 Å². The number of ether oxygens (including phenoxy) is 1. The van der Waals surface area contributed by atoms with E-state index >= 15 is 0 Å². The second kappa shape index (κ2) is 7.41. The first-order valence-corrected chi connectivity index (χ1v) is 8.35. The van der Waals surface area contributed by atoms with Crippen molar-refractivity contribution in [3.63, 3.8) is 0 Å². The molecule has 0 radical (unpaired) electrons. The van der Waals surface area contributed by atoms with Gasteiger partial charge < -0.3 is 20.7 Å². The van der Waals surface area contributed by atoms with E-state index in [1.807, 2.05) is 18.2 Å². The first kappa shape index (κ1) is 18.3. The predicted molar refractivity (Wildman–Crippen MR) is 94.9 cm³/mol. The summed E-state index contributed by atoms with van der Waals surface area (Å²) in [6, 6.07) is 8.23. The Labute approximate surface area is 150 Å². The zero-order valence-corrected chi connectivity index (χ0v) is 14.4. The maximum Gasteiger partial charge on any atom is 0.417 e. The number of nitrogens with zero attached hydrogens (tertiary/aromatic N) is 2. The smallest absolute Gasteiger partial charge is 0.417 e. The SMILES string of the molecule is COc1cc(N2CCC(N)CC2)ccc1Nc1ccc(C(F)(F)F)cn1. The molecule has 0 unspecified atom stereocenters. The van der Waals surface area contributed by atoms with Gasteiger partial charge in [0.2, 0.25) is 0 Å². The lowest BCUT2D eigenvalue weighted by Crippen LogP contribution is -2.39. The minimum absolute atomic E-state index is 0.250. The summed E-state index contributed by atoms with van der Waals surface area (Å²) in [5.74, 6) is 0.909. The molecule has 3 rings (SSSR count). The molecule has 0 amide bonds. The molecule has 0 spiro atoms. The van der Waals surface area contributed by atoms with E-state index in [2.05, 4.69) is 15.2 Å². The van der Waals surface area contributed by atoms with Crippen LogP contribution in [-0.2, 0) is 6.18 Å². The second-order valence-electron chi connectivity index (χ2n) is 6.26. The van der Waals surface area contributed by atoms with Crippen LogP contribution in [0.15, 0.2) is 36.5 Å². The standard InChI is InChI=1S/C18H21F3N4O/c1-26-16-10-14(25-8-6-13(22)7-9-25)3-4-15(16)24-17-5-2-12(11-23-17)18(19,20)21/h2-5,10-11,13H,6-9,22H2,1H3,(H,23,24). The van der Waals surface area contributed by atoms with Crippen molar-refractivity contribution in [1.82, 2.24) is 4.98 Å². The van der Waals surface area contributed by atoms with E-state index < -0.39 is 11.7 Å². The summed E-state index contributed by atoms with van der Waals surface area (Å²) in [6.07, 6.45) is -1.71. The van der Waals surface area contributed by atoms with E-state index in [0.717, 1.165) is 43.9 Å². The average molecular weight is 366 g/mol. The summed E-state index contributed by atoms with van der Waals surface area (Å²) >= 11 is 0. The van der Waals surface area contributed by atoms with Gasteiger partial charge >= 0.3 is 6.18 Å². The first-order chi connectivity index (χ1) is 12.4. The molecule has 2 aromatic rings. The van der Waals surface area contributed by atoms with Crippen LogP contribution in [0.1, 0.15) is 18.4 Å². The van der Waals surface area contributed by atoms with Gasteiger partial charge in [-0.3, -0.25) is 0 Å². The van der Waals surface area contributed by atoms with Crippen molar-refractivity contribution < 1.29 is 17.9 Å². The van der Waals surface area contributed by atoms with Crippen LogP contribution in [0.5, 0.6) is 5.75 Å². The van der Waals surface area contributed by atoms with Crippen molar-refractivity contribution >= 4 is 17.2 Å². The molecule has 1 aliphatic heterocycles. The van der Waals surface area contributed by atoms with E-state index in [1.165, 1.54) is 6.07 Å². The van der Waals surface area contributed by atoms with Gasteiger partial charge in [0.15, 0.2) is 0 Å². The number of aromatic nitrogens is 1. The topological polar surface area (TPSA) is 63.4 Å². The molecule has 3 N–H and O–H groups in total. The van der Waals surface area contributed by atoms with E-state index in [-0.39, 0.29) is 6.04 Å². The molecule has 2 heterocycles. The molecule has 0 aliphatic carbocycles. The zero-order valence-electron chi connectivity index (χ0n) is 14.4.